The molecule has 5 heteroatoms. The van der Waals surface area contributed by atoms with E-state index in [4.69, 9.17) is 4.74 Å². The largest absolute Gasteiger partial charge is 0.391 e. The maximum absolute atomic E-state index is 11.6. The van der Waals surface area contributed by atoms with Crippen LogP contribution in [0.5, 0.6) is 0 Å². The van der Waals surface area contributed by atoms with Gasteiger partial charge in [-0.3, -0.25) is 0 Å². The normalized spacial score (nSPS) is 12.0. The highest BCUT2D eigenvalue weighted by molar-refractivity contribution is 4.49. The number of nitrogens with one attached hydrogen (secondary N) is 1. The fourth-order valence-corrected chi connectivity index (χ4v) is 0.861. The van der Waals surface area contributed by atoms with Crippen molar-refractivity contribution in [1.29, 1.82) is 0 Å². The fraction of sp³-hybridized carbons (Fsp3) is 1.00. The van der Waals surface area contributed by atoms with Crippen LogP contribution in [0.1, 0.15) is 26.2 Å². The van der Waals surface area contributed by atoms with Crippen LogP contribution in [-0.2, 0) is 4.74 Å². The smallest absolute Gasteiger partial charge is 0.380 e. The Morgan fingerprint density at radius 2 is 1.86 bits per heavy atom. The van der Waals surface area contributed by atoms with Crippen LogP contribution < -0.4 is 5.32 Å². The quantitative estimate of drug-likeness (QED) is 0.625. The highest BCUT2D eigenvalue weighted by Gasteiger charge is 2.26. The second-order valence-electron chi connectivity index (χ2n) is 3.08. The summed E-state index contributed by atoms with van der Waals surface area (Å²) in [4.78, 5) is 0. The zero-order valence-electron chi connectivity index (χ0n) is 8.49. The van der Waals surface area contributed by atoms with Crippen LogP contribution in [0.25, 0.3) is 0 Å². The minimum Gasteiger partial charge on any atom is -0.380 e. The summed E-state index contributed by atoms with van der Waals surface area (Å²) < 4.78 is 39.7. The van der Waals surface area contributed by atoms with Gasteiger partial charge in [0, 0.05) is 6.54 Å². The van der Waals surface area contributed by atoms with Gasteiger partial charge in [0.2, 0.25) is 0 Å². The molecule has 14 heavy (non-hydrogen) atoms. The third-order valence-electron chi connectivity index (χ3n) is 1.66. The number of ether oxygens (including phenoxy) is 1. The summed E-state index contributed by atoms with van der Waals surface area (Å²) >= 11 is 0. The Morgan fingerprint density at radius 1 is 1.14 bits per heavy atom. The predicted molar refractivity (Wildman–Crippen MR) is 49.3 cm³/mol. The van der Waals surface area contributed by atoms with Crippen molar-refractivity contribution in [1.82, 2.24) is 5.32 Å². The maximum atomic E-state index is 11.6. The van der Waals surface area contributed by atoms with E-state index in [9.17, 15) is 13.2 Å². The lowest BCUT2D eigenvalue weighted by Gasteiger charge is -2.07. The first-order valence-electron chi connectivity index (χ1n) is 4.91. The lowest BCUT2D eigenvalue weighted by atomic mass is 10.3. The van der Waals surface area contributed by atoms with E-state index in [0.29, 0.717) is 13.2 Å². The van der Waals surface area contributed by atoms with Crippen LogP contribution in [0.15, 0.2) is 0 Å². The maximum Gasteiger partial charge on any atom is 0.391 e. The molecule has 86 valence electrons. The van der Waals surface area contributed by atoms with Gasteiger partial charge in [0.1, 0.15) is 0 Å². The van der Waals surface area contributed by atoms with Gasteiger partial charge in [-0.1, -0.05) is 13.3 Å². The molecule has 0 saturated carbocycles. The first kappa shape index (κ1) is 13.7. The number of hydrogen-bond donors (Lipinski definition) is 1. The molecule has 0 bridgehead atoms. The second-order valence-corrected chi connectivity index (χ2v) is 3.08. The Hall–Kier alpha value is -0.290. The van der Waals surface area contributed by atoms with Gasteiger partial charge in [-0.15, -0.1) is 0 Å². The van der Waals surface area contributed by atoms with E-state index in [1.54, 1.807) is 0 Å². The molecule has 0 aromatic rings. The van der Waals surface area contributed by atoms with E-state index in [2.05, 4.69) is 12.2 Å². The Labute approximate surface area is 82.8 Å². The first-order valence-corrected chi connectivity index (χ1v) is 4.91. The van der Waals surface area contributed by atoms with Crippen molar-refractivity contribution in [3.05, 3.63) is 0 Å². The standard InChI is InChI=1S/C9H18F3NO/c1-2-3-5-13-6-8-14-7-4-9(10,11)12/h13H,2-8H2,1H3. The summed E-state index contributed by atoms with van der Waals surface area (Å²) in [5.41, 5.74) is 0. The lowest BCUT2D eigenvalue weighted by molar-refractivity contribution is -0.145. The third kappa shape index (κ3) is 11.7. The molecular weight excluding hydrogens is 195 g/mol. The van der Waals surface area contributed by atoms with Crippen LogP contribution in [0.4, 0.5) is 13.2 Å². The highest BCUT2D eigenvalue weighted by Crippen LogP contribution is 2.18. The predicted octanol–water partition coefficient (Wildman–Crippen LogP) is 2.35. The minimum absolute atomic E-state index is 0.237. The van der Waals surface area contributed by atoms with Crippen molar-refractivity contribution in [2.75, 3.05) is 26.3 Å². The van der Waals surface area contributed by atoms with Gasteiger partial charge >= 0.3 is 6.18 Å². The number of halogens is 3. The Balaban J connectivity index is 2.99. The number of rotatable bonds is 8. The van der Waals surface area contributed by atoms with Crippen molar-refractivity contribution in [3.8, 4) is 0 Å². The molecule has 0 fully saturated rings. The summed E-state index contributed by atoms with van der Waals surface area (Å²) in [6.45, 7) is 3.72. The topological polar surface area (TPSA) is 21.3 Å². The fourth-order valence-electron chi connectivity index (χ4n) is 0.861. The minimum atomic E-state index is -4.10. The molecule has 0 heterocycles. The zero-order valence-corrected chi connectivity index (χ0v) is 8.49. The monoisotopic (exact) mass is 213 g/mol. The van der Waals surface area contributed by atoms with Crippen LogP contribution in [0, 0.1) is 0 Å². The summed E-state index contributed by atoms with van der Waals surface area (Å²) in [5, 5.41) is 3.08. The molecule has 0 aliphatic rings. The van der Waals surface area contributed by atoms with Crippen molar-refractivity contribution >= 4 is 0 Å². The van der Waals surface area contributed by atoms with Gasteiger partial charge in [0.15, 0.2) is 0 Å². The molecule has 0 aromatic carbocycles. The number of unbranched alkanes of at least 4 members (excludes halogenated alkanes) is 1. The number of hydrogen-bond acceptors (Lipinski definition) is 2. The van der Waals surface area contributed by atoms with Crippen LogP contribution in [0.2, 0.25) is 0 Å². The molecule has 0 amide bonds. The molecule has 0 aromatic heterocycles. The average molecular weight is 213 g/mol. The average Bonchev–Trinajstić information content (AvgIpc) is 2.08. The third-order valence-corrected chi connectivity index (χ3v) is 1.66. The molecule has 0 rings (SSSR count). The molecule has 0 aliphatic heterocycles. The molecule has 2 nitrogen and oxygen atoms in total. The molecular formula is C9H18F3NO. The summed E-state index contributed by atoms with van der Waals surface area (Å²) in [6, 6.07) is 0. The van der Waals surface area contributed by atoms with Gasteiger partial charge in [0.05, 0.1) is 19.6 Å². The number of alkyl halides is 3. The van der Waals surface area contributed by atoms with E-state index in [0.717, 1.165) is 19.4 Å². The molecule has 1 N–H and O–H groups in total. The van der Waals surface area contributed by atoms with Crippen molar-refractivity contribution in [3.63, 3.8) is 0 Å². The molecule has 0 radical (unpaired) electrons. The second kappa shape index (κ2) is 8.05. The molecule has 0 atom stereocenters. The van der Waals surface area contributed by atoms with Crippen molar-refractivity contribution in [2.24, 2.45) is 0 Å². The van der Waals surface area contributed by atoms with Crippen LogP contribution in [-0.4, -0.2) is 32.5 Å². The Kier molecular flexibility index (Phi) is 7.89. The van der Waals surface area contributed by atoms with Gasteiger partial charge in [-0.25, -0.2) is 0 Å². The van der Waals surface area contributed by atoms with Gasteiger partial charge in [0.25, 0.3) is 0 Å². The van der Waals surface area contributed by atoms with Gasteiger partial charge < -0.3 is 10.1 Å². The SMILES string of the molecule is CCCCNCCOCCC(F)(F)F. The molecule has 0 saturated heterocycles. The Bertz CT molecular complexity index is 128. The van der Waals surface area contributed by atoms with E-state index >= 15 is 0 Å². The van der Waals surface area contributed by atoms with E-state index in [1.807, 2.05) is 0 Å². The van der Waals surface area contributed by atoms with Gasteiger partial charge in [-0.05, 0) is 13.0 Å². The Morgan fingerprint density at radius 3 is 2.43 bits per heavy atom. The van der Waals surface area contributed by atoms with Crippen LogP contribution in [0.3, 0.4) is 0 Å². The van der Waals surface area contributed by atoms with E-state index in [1.165, 1.54) is 0 Å². The van der Waals surface area contributed by atoms with E-state index in [-0.39, 0.29) is 6.61 Å². The highest BCUT2D eigenvalue weighted by atomic mass is 19.4. The summed E-state index contributed by atoms with van der Waals surface area (Å²) in [5.74, 6) is 0. The van der Waals surface area contributed by atoms with Crippen LogP contribution >= 0.6 is 0 Å². The zero-order chi connectivity index (χ0) is 10.9. The summed E-state index contributed by atoms with van der Waals surface area (Å²) in [6.07, 6.45) is -2.76. The molecule has 0 spiro atoms. The molecule has 0 unspecified atom stereocenters. The first-order chi connectivity index (χ1) is 6.56. The van der Waals surface area contributed by atoms with Gasteiger partial charge in [-0.2, -0.15) is 13.2 Å². The van der Waals surface area contributed by atoms with Crippen molar-refractivity contribution in [2.45, 2.75) is 32.4 Å². The van der Waals surface area contributed by atoms with E-state index < -0.39 is 12.6 Å². The van der Waals surface area contributed by atoms with Crippen molar-refractivity contribution < 1.29 is 17.9 Å². The molecule has 0 aliphatic carbocycles. The summed E-state index contributed by atoms with van der Waals surface area (Å²) in [7, 11) is 0. The lowest BCUT2D eigenvalue weighted by Crippen LogP contribution is -2.22.